The molecular weight excluding hydrogens is 342 g/mol. The maximum Gasteiger partial charge on any atom is 0.425 e. The number of nitriles is 1. The minimum absolute atomic E-state index is 0.0644. The van der Waals surface area contributed by atoms with Gasteiger partial charge in [0.2, 0.25) is 0 Å². The van der Waals surface area contributed by atoms with Crippen LogP contribution in [0.25, 0.3) is 0 Å². The highest BCUT2D eigenvalue weighted by Crippen LogP contribution is 2.26. The number of hydrogen-bond acceptors (Lipinski definition) is 7. The third kappa shape index (κ3) is 6.27. The van der Waals surface area contributed by atoms with E-state index in [1.54, 1.807) is 53.9 Å². The van der Waals surface area contributed by atoms with Crippen LogP contribution >= 0.6 is 11.8 Å². The first-order valence-corrected chi connectivity index (χ1v) is 8.81. The minimum atomic E-state index is -0.955. The van der Waals surface area contributed by atoms with Gasteiger partial charge in [-0.25, -0.2) is 14.6 Å². The molecule has 0 bridgehead atoms. The van der Waals surface area contributed by atoms with E-state index < -0.39 is 23.4 Å². The molecule has 1 rings (SSSR count). The van der Waals surface area contributed by atoms with Crippen molar-refractivity contribution in [3.8, 4) is 6.07 Å². The molecule has 0 atom stereocenters. The van der Waals surface area contributed by atoms with Crippen molar-refractivity contribution >= 4 is 29.8 Å². The number of carbonyl (C=O) groups is 2. The Kier molecular flexibility index (Phi) is 6.43. The third-order valence-electron chi connectivity index (χ3n) is 2.54. The number of aromatic nitrogens is 1. The van der Waals surface area contributed by atoms with E-state index in [-0.39, 0.29) is 11.4 Å². The van der Waals surface area contributed by atoms with Crippen molar-refractivity contribution in [1.29, 1.82) is 5.26 Å². The highest BCUT2D eigenvalue weighted by atomic mass is 32.2. The molecule has 0 fully saturated rings. The fourth-order valence-electron chi connectivity index (χ4n) is 1.67. The van der Waals surface area contributed by atoms with E-state index in [4.69, 9.17) is 9.47 Å². The first-order valence-electron chi connectivity index (χ1n) is 7.59. The molecule has 0 aliphatic rings. The van der Waals surface area contributed by atoms with Crippen LogP contribution in [0, 0.1) is 11.3 Å². The Morgan fingerprint density at radius 2 is 1.56 bits per heavy atom. The van der Waals surface area contributed by atoms with E-state index in [0.717, 1.165) is 0 Å². The summed E-state index contributed by atoms with van der Waals surface area (Å²) in [6.07, 6.45) is -0.114. The molecule has 25 heavy (non-hydrogen) atoms. The third-order valence-corrected chi connectivity index (χ3v) is 3.19. The van der Waals surface area contributed by atoms with Crippen LogP contribution in [0.4, 0.5) is 15.4 Å². The van der Waals surface area contributed by atoms with Crippen LogP contribution in [0.1, 0.15) is 47.1 Å². The topological polar surface area (TPSA) is 92.5 Å². The Labute approximate surface area is 152 Å². The summed E-state index contributed by atoms with van der Waals surface area (Å²) in [6, 6.07) is 5.06. The van der Waals surface area contributed by atoms with Crippen LogP contribution in [-0.4, -0.2) is 34.6 Å². The van der Waals surface area contributed by atoms with Crippen LogP contribution < -0.4 is 4.90 Å². The van der Waals surface area contributed by atoms with Crippen LogP contribution in [0.15, 0.2) is 17.2 Å². The molecule has 0 spiro atoms. The summed E-state index contributed by atoms with van der Waals surface area (Å²) in [5, 5.41) is 9.88. The van der Waals surface area contributed by atoms with Crippen molar-refractivity contribution in [2.24, 2.45) is 0 Å². The lowest BCUT2D eigenvalue weighted by Gasteiger charge is -2.28. The van der Waals surface area contributed by atoms with Gasteiger partial charge >= 0.3 is 12.2 Å². The van der Waals surface area contributed by atoms with Crippen molar-refractivity contribution in [2.75, 3.05) is 11.2 Å². The number of anilines is 1. The Morgan fingerprint density at radius 3 is 1.92 bits per heavy atom. The second-order valence-electron chi connectivity index (χ2n) is 7.13. The zero-order valence-corrected chi connectivity index (χ0v) is 16.4. The van der Waals surface area contributed by atoms with E-state index in [1.807, 2.05) is 6.07 Å². The van der Waals surface area contributed by atoms with Gasteiger partial charge in [0, 0.05) is 0 Å². The van der Waals surface area contributed by atoms with Crippen molar-refractivity contribution in [1.82, 2.24) is 4.98 Å². The van der Waals surface area contributed by atoms with Gasteiger partial charge in [0.25, 0.3) is 0 Å². The summed E-state index contributed by atoms with van der Waals surface area (Å²) >= 11 is 1.32. The van der Waals surface area contributed by atoms with Gasteiger partial charge < -0.3 is 9.47 Å². The number of hydrogen-bond donors (Lipinski definition) is 0. The van der Waals surface area contributed by atoms with Gasteiger partial charge in [0.05, 0.1) is 10.6 Å². The lowest BCUT2D eigenvalue weighted by Crippen LogP contribution is -2.44. The number of rotatable bonds is 2. The number of amides is 2. The summed E-state index contributed by atoms with van der Waals surface area (Å²) < 4.78 is 10.6. The van der Waals surface area contributed by atoms with E-state index in [0.29, 0.717) is 9.93 Å². The second-order valence-corrected chi connectivity index (χ2v) is 7.96. The molecule has 1 aromatic rings. The smallest absolute Gasteiger partial charge is 0.425 e. The zero-order chi connectivity index (χ0) is 19.4. The number of carbonyl (C=O) groups excluding carboxylic acids is 2. The van der Waals surface area contributed by atoms with Gasteiger partial charge in [0.15, 0.2) is 5.82 Å². The molecule has 2 amide bonds. The van der Waals surface area contributed by atoms with Crippen molar-refractivity contribution in [3.63, 3.8) is 0 Å². The molecule has 0 saturated carbocycles. The maximum atomic E-state index is 12.6. The molecule has 1 heterocycles. The molecule has 0 aliphatic carbocycles. The monoisotopic (exact) mass is 365 g/mol. The first kappa shape index (κ1) is 20.8. The molecule has 8 heteroatoms. The van der Waals surface area contributed by atoms with E-state index in [9.17, 15) is 14.9 Å². The van der Waals surface area contributed by atoms with E-state index in [2.05, 4.69) is 4.98 Å². The average molecular weight is 365 g/mol. The number of imide groups is 1. The minimum Gasteiger partial charge on any atom is -0.443 e. The fraction of sp³-hybridized carbons (Fsp3) is 0.529. The second kappa shape index (κ2) is 7.74. The molecule has 136 valence electrons. The van der Waals surface area contributed by atoms with Crippen LogP contribution in [0.5, 0.6) is 0 Å². The van der Waals surface area contributed by atoms with Gasteiger partial charge in [-0.15, -0.1) is 11.8 Å². The summed E-state index contributed by atoms with van der Waals surface area (Å²) in [5.41, 5.74) is -1.60. The predicted molar refractivity (Wildman–Crippen MR) is 95.7 cm³/mol. The normalized spacial score (nSPS) is 11.4. The van der Waals surface area contributed by atoms with Gasteiger partial charge in [-0.1, -0.05) is 0 Å². The summed E-state index contributed by atoms with van der Waals surface area (Å²) in [6.45, 7) is 10.1. The zero-order valence-electron chi connectivity index (χ0n) is 15.5. The first-order chi connectivity index (χ1) is 11.4. The molecule has 7 nitrogen and oxygen atoms in total. The summed E-state index contributed by atoms with van der Waals surface area (Å²) in [7, 11) is 0. The number of ether oxygens (including phenoxy) is 2. The molecule has 0 radical (unpaired) electrons. The summed E-state index contributed by atoms with van der Waals surface area (Å²) in [4.78, 5) is 30.1. The van der Waals surface area contributed by atoms with Crippen LogP contribution in [-0.2, 0) is 9.47 Å². The van der Waals surface area contributed by atoms with Gasteiger partial charge in [-0.3, -0.25) is 0 Å². The SMILES string of the molecule is CSc1ccc(C#N)c(N(C(=O)OC(C)(C)C)C(=O)OC(C)(C)C)n1. The Morgan fingerprint density at radius 1 is 1.08 bits per heavy atom. The molecule has 1 aromatic heterocycles. The standard InChI is InChI=1S/C17H23N3O4S/c1-16(2,3)23-14(21)20(15(22)24-17(4,5)6)13-11(10-18)8-9-12(19-13)25-7/h8-9H,1-7H3. The lowest BCUT2D eigenvalue weighted by molar-refractivity contribution is 0.0428. The quantitative estimate of drug-likeness (QED) is 0.719. The van der Waals surface area contributed by atoms with Crippen molar-refractivity contribution < 1.29 is 19.1 Å². The molecule has 0 aliphatic heterocycles. The highest BCUT2D eigenvalue weighted by Gasteiger charge is 2.35. The largest absolute Gasteiger partial charge is 0.443 e. The molecule has 0 unspecified atom stereocenters. The van der Waals surface area contributed by atoms with Crippen LogP contribution in [0.2, 0.25) is 0 Å². The van der Waals surface area contributed by atoms with Crippen molar-refractivity contribution in [3.05, 3.63) is 17.7 Å². The Balaban J connectivity index is 3.44. The Bertz CT molecular complexity index is 671. The van der Waals surface area contributed by atoms with Gasteiger partial charge in [-0.2, -0.15) is 10.2 Å². The van der Waals surface area contributed by atoms with Gasteiger partial charge in [-0.05, 0) is 59.9 Å². The Hall–Kier alpha value is -2.27. The molecular formula is C17H23N3O4S. The van der Waals surface area contributed by atoms with E-state index >= 15 is 0 Å². The molecule has 0 saturated heterocycles. The van der Waals surface area contributed by atoms with Crippen LogP contribution in [0.3, 0.4) is 0 Å². The summed E-state index contributed by atoms with van der Waals surface area (Å²) in [5.74, 6) is -0.113. The molecule has 0 aromatic carbocycles. The van der Waals surface area contributed by atoms with Gasteiger partial charge in [0.1, 0.15) is 17.3 Å². The fourth-order valence-corrected chi connectivity index (χ4v) is 2.05. The van der Waals surface area contributed by atoms with E-state index in [1.165, 1.54) is 17.8 Å². The lowest BCUT2D eigenvalue weighted by atomic mass is 10.2. The maximum absolute atomic E-state index is 12.6. The number of nitrogens with zero attached hydrogens (tertiary/aromatic N) is 3. The van der Waals surface area contributed by atoms with Crippen molar-refractivity contribution in [2.45, 2.75) is 57.8 Å². The number of pyridine rings is 1. The average Bonchev–Trinajstić information content (AvgIpc) is 2.43. The molecule has 0 N–H and O–H groups in total. The highest BCUT2D eigenvalue weighted by molar-refractivity contribution is 7.98. The number of thioether (sulfide) groups is 1. The predicted octanol–water partition coefficient (Wildman–Crippen LogP) is 4.35.